The average molecular weight is 536 g/mol. The van der Waals surface area contributed by atoms with Crippen molar-refractivity contribution in [3.8, 4) is 0 Å². The fourth-order valence-electron chi connectivity index (χ4n) is 3.97. The standard InChI is InChI=1S/C25H24Cl2FN3O3S/c26-21-5-3-7-23(24(21)27)30-35(33,34)20-10-8-19(9-11-20)29-25(32)17-12-14-31(15-13-17)16-18-4-1-2-6-22(18)28/h1-11,17,30H,12-16H2,(H,29,32). The Balaban J connectivity index is 1.32. The van der Waals surface area contributed by atoms with Crippen LogP contribution in [0.25, 0.3) is 0 Å². The molecule has 4 rings (SSSR count). The van der Waals surface area contributed by atoms with E-state index in [1.54, 1.807) is 36.4 Å². The zero-order chi connectivity index (χ0) is 25.0. The molecule has 1 fully saturated rings. The molecule has 0 radical (unpaired) electrons. The summed E-state index contributed by atoms with van der Waals surface area (Å²) in [5.41, 5.74) is 1.33. The van der Waals surface area contributed by atoms with Gasteiger partial charge in [0.2, 0.25) is 5.91 Å². The lowest BCUT2D eigenvalue weighted by Gasteiger charge is -2.31. The van der Waals surface area contributed by atoms with Crippen molar-refractivity contribution < 1.29 is 17.6 Å². The molecule has 1 heterocycles. The first kappa shape index (κ1) is 25.4. The van der Waals surface area contributed by atoms with E-state index < -0.39 is 10.0 Å². The van der Waals surface area contributed by atoms with E-state index in [0.29, 0.717) is 43.7 Å². The number of nitrogens with zero attached hydrogens (tertiary/aromatic N) is 1. The molecule has 0 atom stereocenters. The SMILES string of the molecule is O=C(Nc1ccc(S(=O)(=O)Nc2cccc(Cl)c2Cl)cc1)C1CCN(Cc2ccccc2F)CC1. The van der Waals surface area contributed by atoms with E-state index >= 15 is 0 Å². The number of carbonyl (C=O) groups is 1. The van der Waals surface area contributed by atoms with Gasteiger partial charge < -0.3 is 5.32 Å². The number of sulfonamides is 1. The molecule has 6 nitrogen and oxygen atoms in total. The number of halogens is 3. The highest BCUT2D eigenvalue weighted by Crippen LogP contribution is 2.31. The van der Waals surface area contributed by atoms with Gasteiger partial charge in [-0.2, -0.15) is 0 Å². The summed E-state index contributed by atoms with van der Waals surface area (Å²) in [4.78, 5) is 14.9. The Hall–Kier alpha value is -2.65. The predicted molar refractivity (Wildman–Crippen MR) is 137 cm³/mol. The Labute approximate surface area is 214 Å². The van der Waals surface area contributed by atoms with Gasteiger partial charge >= 0.3 is 0 Å². The number of likely N-dealkylation sites (tertiary alicyclic amines) is 1. The number of amides is 1. The third-order valence-electron chi connectivity index (χ3n) is 5.94. The lowest BCUT2D eigenvalue weighted by molar-refractivity contribution is -0.121. The number of rotatable bonds is 7. The first-order chi connectivity index (χ1) is 16.7. The number of piperidine rings is 1. The maximum atomic E-state index is 13.9. The molecule has 0 aromatic heterocycles. The van der Waals surface area contributed by atoms with Gasteiger partial charge in [-0.05, 0) is 68.4 Å². The van der Waals surface area contributed by atoms with E-state index in [1.807, 2.05) is 6.07 Å². The third kappa shape index (κ3) is 6.32. The lowest BCUT2D eigenvalue weighted by Crippen LogP contribution is -2.37. The molecule has 2 N–H and O–H groups in total. The van der Waals surface area contributed by atoms with Crippen LogP contribution in [0.5, 0.6) is 0 Å². The highest BCUT2D eigenvalue weighted by molar-refractivity contribution is 7.92. The number of hydrogen-bond donors (Lipinski definition) is 2. The second-order valence-corrected chi connectivity index (χ2v) is 10.8. The molecule has 35 heavy (non-hydrogen) atoms. The van der Waals surface area contributed by atoms with Crippen molar-refractivity contribution >= 4 is 50.5 Å². The fourth-order valence-corrected chi connectivity index (χ4v) is 5.44. The molecule has 3 aromatic rings. The van der Waals surface area contributed by atoms with Crippen molar-refractivity contribution in [1.29, 1.82) is 0 Å². The molecule has 0 aliphatic carbocycles. The quantitative estimate of drug-likeness (QED) is 0.401. The maximum absolute atomic E-state index is 13.9. The second kappa shape index (κ2) is 11.0. The molecule has 0 saturated carbocycles. The number of hydrogen-bond acceptors (Lipinski definition) is 4. The van der Waals surface area contributed by atoms with Crippen LogP contribution in [0.3, 0.4) is 0 Å². The van der Waals surface area contributed by atoms with Crippen molar-refractivity contribution in [3.05, 3.63) is 88.2 Å². The Morgan fingerprint density at radius 3 is 2.34 bits per heavy atom. The van der Waals surface area contributed by atoms with Gasteiger partial charge in [-0.25, -0.2) is 12.8 Å². The van der Waals surface area contributed by atoms with Gasteiger partial charge in [0.15, 0.2) is 0 Å². The Kier molecular flexibility index (Phi) is 7.96. The first-order valence-corrected chi connectivity index (χ1v) is 13.3. The zero-order valence-electron chi connectivity index (χ0n) is 18.7. The average Bonchev–Trinajstić information content (AvgIpc) is 2.84. The van der Waals surface area contributed by atoms with Crippen molar-refractivity contribution in [2.45, 2.75) is 24.3 Å². The van der Waals surface area contributed by atoms with Crippen LogP contribution in [0.15, 0.2) is 71.6 Å². The van der Waals surface area contributed by atoms with Gasteiger partial charge in [0.05, 0.1) is 20.6 Å². The smallest absolute Gasteiger partial charge is 0.261 e. The van der Waals surface area contributed by atoms with Crippen LogP contribution in [0.1, 0.15) is 18.4 Å². The molecule has 0 bridgehead atoms. The van der Waals surface area contributed by atoms with Crippen molar-refractivity contribution in [3.63, 3.8) is 0 Å². The molecular formula is C25H24Cl2FN3O3S. The molecular weight excluding hydrogens is 512 g/mol. The number of carbonyl (C=O) groups excluding carboxylic acids is 1. The van der Waals surface area contributed by atoms with Crippen molar-refractivity contribution in [2.24, 2.45) is 5.92 Å². The molecule has 1 saturated heterocycles. The minimum absolute atomic E-state index is 0.0213. The van der Waals surface area contributed by atoms with E-state index in [-0.39, 0.29) is 38.3 Å². The topological polar surface area (TPSA) is 78.5 Å². The lowest BCUT2D eigenvalue weighted by atomic mass is 9.95. The summed E-state index contributed by atoms with van der Waals surface area (Å²) in [7, 11) is -3.89. The van der Waals surface area contributed by atoms with Gasteiger partial charge in [-0.1, -0.05) is 47.5 Å². The molecule has 1 amide bonds. The summed E-state index contributed by atoms with van der Waals surface area (Å²) in [6.45, 7) is 1.91. The molecule has 184 valence electrons. The monoisotopic (exact) mass is 535 g/mol. The Morgan fingerprint density at radius 2 is 1.66 bits per heavy atom. The van der Waals surface area contributed by atoms with Crippen LogP contribution in [0, 0.1) is 11.7 Å². The van der Waals surface area contributed by atoms with Crippen molar-refractivity contribution in [1.82, 2.24) is 4.90 Å². The van der Waals surface area contributed by atoms with Crippen molar-refractivity contribution in [2.75, 3.05) is 23.1 Å². The van der Waals surface area contributed by atoms with Crippen LogP contribution in [0.2, 0.25) is 10.0 Å². The van der Waals surface area contributed by atoms with Gasteiger partial charge in [0.25, 0.3) is 10.0 Å². The number of anilines is 2. The minimum Gasteiger partial charge on any atom is -0.326 e. The molecule has 0 unspecified atom stereocenters. The molecule has 1 aliphatic heterocycles. The minimum atomic E-state index is -3.89. The van der Waals surface area contributed by atoms with Crippen LogP contribution < -0.4 is 10.0 Å². The van der Waals surface area contributed by atoms with Gasteiger partial charge in [-0.15, -0.1) is 0 Å². The molecule has 1 aliphatic rings. The van der Waals surface area contributed by atoms with Crippen LogP contribution in [-0.2, 0) is 21.4 Å². The second-order valence-electron chi connectivity index (χ2n) is 8.36. The van der Waals surface area contributed by atoms with Gasteiger partial charge in [0, 0.05) is 23.7 Å². The summed E-state index contributed by atoms with van der Waals surface area (Å²) in [5.74, 6) is -0.499. The summed E-state index contributed by atoms with van der Waals surface area (Å²) >= 11 is 12.0. The zero-order valence-corrected chi connectivity index (χ0v) is 21.0. The highest BCUT2D eigenvalue weighted by atomic mass is 35.5. The molecule has 3 aromatic carbocycles. The van der Waals surface area contributed by atoms with E-state index in [2.05, 4.69) is 14.9 Å². The Bertz CT molecular complexity index is 1310. The number of benzene rings is 3. The Morgan fingerprint density at radius 1 is 0.971 bits per heavy atom. The summed E-state index contributed by atoms with van der Waals surface area (Å²) < 4.78 is 41.7. The summed E-state index contributed by atoms with van der Waals surface area (Å²) in [6, 6.07) is 17.3. The van der Waals surface area contributed by atoms with E-state index in [9.17, 15) is 17.6 Å². The van der Waals surface area contributed by atoms with E-state index in [4.69, 9.17) is 23.2 Å². The first-order valence-electron chi connectivity index (χ1n) is 11.1. The number of nitrogens with one attached hydrogen (secondary N) is 2. The molecule has 0 spiro atoms. The third-order valence-corrected chi connectivity index (χ3v) is 8.14. The highest BCUT2D eigenvalue weighted by Gasteiger charge is 2.25. The summed E-state index contributed by atoms with van der Waals surface area (Å²) in [6.07, 6.45) is 1.33. The maximum Gasteiger partial charge on any atom is 0.261 e. The van der Waals surface area contributed by atoms with Gasteiger partial charge in [0.1, 0.15) is 5.82 Å². The predicted octanol–water partition coefficient (Wildman–Crippen LogP) is 5.78. The van der Waals surface area contributed by atoms with E-state index in [1.165, 1.54) is 24.3 Å². The largest absolute Gasteiger partial charge is 0.326 e. The van der Waals surface area contributed by atoms with E-state index in [0.717, 1.165) is 0 Å². The molecule has 10 heteroatoms. The summed E-state index contributed by atoms with van der Waals surface area (Å²) in [5, 5.41) is 3.21. The van der Waals surface area contributed by atoms with Crippen LogP contribution in [-0.4, -0.2) is 32.3 Å². The normalized spacial score (nSPS) is 15.1. The van der Waals surface area contributed by atoms with Crippen LogP contribution >= 0.6 is 23.2 Å². The van der Waals surface area contributed by atoms with Gasteiger partial charge in [-0.3, -0.25) is 14.4 Å². The fraction of sp³-hybridized carbons (Fsp3) is 0.240. The van der Waals surface area contributed by atoms with Crippen LogP contribution in [0.4, 0.5) is 15.8 Å².